The number of hydrogen-bond donors (Lipinski definition) is 0. The van der Waals surface area contributed by atoms with Crippen LogP contribution in [0.3, 0.4) is 0 Å². The van der Waals surface area contributed by atoms with Crippen molar-refractivity contribution in [2.24, 2.45) is 0 Å². The van der Waals surface area contributed by atoms with Gasteiger partial charge in [0.15, 0.2) is 0 Å². The largest absolute Gasteiger partial charge is 0.372 e. The van der Waals surface area contributed by atoms with E-state index < -0.39 is 0 Å². The highest BCUT2D eigenvalue weighted by atomic mass is 16.6. The first-order chi connectivity index (χ1) is 7.80. The predicted octanol–water partition coefficient (Wildman–Crippen LogP) is 3.68. The summed E-state index contributed by atoms with van der Waals surface area (Å²) >= 11 is 0. The molecule has 0 aromatic heterocycles. The van der Waals surface area contributed by atoms with E-state index in [4.69, 9.17) is 9.47 Å². The Hall–Kier alpha value is -0.0800. The fourth-order valence-corrected chi connectivity index (χ4v) is 3.15. The van der Waals surface area contributed by atoms with Crippen molar-refractivity contribution >= 4 is 0 Å². The average Bonchev–Trinajstić information content (AvgIpc) is 2.28. The molecule has 0 bridgehead atoms. The second-order valence-corrected chi connectivity index (χ2v) is 5.31. The van der Waals surface area contributed by atoms with Crippen LogP contribution in [-0.4, -0.2) is 24.4 Å². The van der Waals surface area contributed by atoms with Gasteiger partial charge >= 0.3 is 0 Å². The minimum atomic E-state index is 0.0617. The third kappa shape index (κ3) is 2.43. The first-order valence-electron chi connectivity index (χ1n) is 7.10. The molecule has 2 heteroatoms. The van der Waals surface area contributed by atoms with Gasteiger partial charge in [0.25, 0.3) is 0 Å². The highest BCUT2D eigenvalue weighted by molar-refractivity contribution is 4.94. The summed E-state index contributed by atoms with van der Waals surface area (Å²) < 4.78 is 12.2. The Morgan fingerprint density at radius 2 is 1.94 bits per heavy atom. The van der Waals surface area contributed by atoms with Crippen molar-refractivity contribution in [1.29, 1.82) is 0 Å². The summed E-state index contributed by atoms with van der Waals surface area (Å²) in [6, 6.07) is 0. The van der Waals surface area contributed by atoms with Gasteiger partial charge in [-0.3, -0.25) is 0 Å². The van der Waals surface area contributed by atoms with E-state index in [1.165, 1.54) is 38.5 Å². The molecule has 1 heterocycles. The van der Waals surface area contributed by atoms with Crippen molar-refractivity contribution in [1.82, 2.24) is 0 Å². The minimum Gasteiger partial charge on any atom is -0.372 e. The summed E-state index contributed by atoms with van der Waals surface area (Å²) in [6.07, 6.45) is 10.8. The molecule has 1 saturated carbocycles. The summed E-state index contributed by atoms with van der Waals surface area (Å²) in [5.41, 5.74) is 0.0617. The van der Waals surface area contributed by atoms with Gasteiger partial charge in [0.05, 0.1) is 24.4 Å². The standard InChI is InChI=1S/C14H26O2/c1-3-13(14(4-2)10-11-15-14)16-12-8-6-5-7-9-12/h12-13H,3-11H2,1-2H3. The lowest BCUT2D eigenvalue weighted by Gasteiger charge is -2.47. The molecule has 0 aromatic carbocycles. The van der Waals surface area contributed by atoms with Crippen LogP contribution in [0.15, 0.2) is 0 Å². The van der Waals surface area contributed by atoms with Crippen LogP contribution in [0.1, 0.15) is 65.2 Å². The van der Waals surface area contributed by atoms with E-state index in [9.17, 15) is 0 Å². The first kappa shape index (κ1) is 12.4. The molecule has 2 atom stereocenters. The summed E-state index contributed by atoms with van der Waals surface area (Å²) in [6.45, 7) is 5.39. The second-order valence-electron chi connectivity index (χ2n) is 5.31. The topological polar surface area (TPSA) is 18.5 Å². The molecule has 2 nitrogen and oxygen atoms in total. The maximum absolute atomic E-state index is 6.31. The summed E-state index contributed by atoms with van der Waals surface area (Å²) in [4.78, 5) is 0. The maximum atomic E-state index is 6.31. The van der Waals surface area contributed by atoms with Gasteiger partial charge in [-0.05, 0) is 25.7 Å². The summed E-state index contributed by atoms with van der Waals surface area (Å²) in [5, 5.41) is 0. The molecule has 0 spiro atoms. The van der Waals surface area contributed by atoms with E-state index >= 15 is 0 Å². The molecule has 0 radical (unpaired) electrons. The smallest absolute Gasteiger partial charge is 0.0962 e. The zero-order chi connectivity index (χ0) is 11.4. The number of rotatable bonds is 5. The lowest BCUT2D eigenvalue weighted by Crippen LogP contribution is -2.54. The van der Waals surface area contributed by atoms with Gasteiger partial charge in [-0.25, -0.2) is 0 Å². The molecule has 0 amide bonds. The molecule has 2 rings (SSSR count). The van der Waals surface area contributed by atoms with Gasteiger partial charge in [0.1, 0.15) is 0 Å². The first-order valence-corrected chi connectivity index (χ1v) is 7.10. The van der Waals surface area contributed by atoms with Crippen LogP contribution in [0, 0.1) is 0 Å². The Labute approximate surface area is 99.7 Å². The third-order valence-electron chi connectivity index (χ3n) is 4.38. The van der Waals surface area contributed by atoms with Crippen LogP contribution in [0.2, 0.25) is 0 Å². The Kier molecular flexibility index (Phi) is 4.26. The number of hydrogen-bond acceptors (Lipinski definition) is 2. The Morgan fingerprint density at radius 1 is 1.25 bits per heavy atom. The normalized spacial score (nSPS) is 33.4. The van der Waals surface area contributed by atoms with Crippen molar-refractivity contribution in [3.8, 4) is 0 Å². The predicted molar refractivity (Wildman–Crippen MR) is 65.6 cm³/mol. The van der Waals surface area contributed by atoms with Crippen LogP contribution >= 0.6 is 0 Å². The van der Waals surface area contributed by atoms with Gasteiger partial charge in [-0.15, -0.1) is 0 Å². The average molecular weight is 226 g/mol. The lowest BCUT2D eigenvalue weighted by molar-refractivity contribution is -0.233. The summed E-state index contributed by atoms with van der Waals surface area (Å²) in [5.74, 6) is 0. The van der Waals surface area contributed by atoms with Crippen molar-refractivity contribution in [2.45, 2.75) is 83.0 Å². The van der Waals surface area contributed by atoms with Gasteiger partial charge < -0.3 is 9.47 Å². The van der Waals surface area contributed by atoms with Gasteiger partial charge in [-0.1, -0.05) is 33.1 Å². The van der Waals surface area contributed by atoms with E-state index in [1.54, 1.807) is 0 Å². The van der Waals surface area contributed by atoms with E-state index in [1.807, 2.05) is 0 Å². The van der Waals surface area contributed by atoms with E-state index in [0.717, 1.165) is 19.4 Å². The minimum absolute atomic E-state index is 0.0617. The van der Waals surface area contributed by atoms with E-state index in [0.29, 0.717) is 12.2 Å². The Balaban J connectivity index is 1.88. The maximum Gasteiger partial charge on any atom is 0.0962 e. The monoisotopic (exact) mass is 226 g/mol. The van der Waals surface area contributed by atoms with Crippen molar-refractivity contribution in [3.63, 3.8) is 0 Å². The molecule has 2 fully saturated rings. The highest BCUT2D eigenvalue weighted by Gasteiger charge is 2.44. The third-order valence-corrected chi connectivity index (χ3v) is 4.38. The molecular formula is C14H26O2. The summed E-state index contributed by atoms with van der Waals surface area (Å²) in [7, 11) is 0. The fraction of sp³-hybridized carbons (Fsp3) is 1.00. The van der Waals surface area contributed by atoms with Gasteiger partial charge in [0.2, 0.25) is 0 Å². The fourth-order valence-electron chi connectivity index (χ4n) is 3.15. The van der Waals surface area contributed by atoms with E-state index in [-0.39, 0.29) is 5.60 Å². The Morgan fingerprint density at radius 3 is 2.38 bits per heavy atom. The van der Waals surface area contributed by atoms with Crippen LogP contribution in [0.25, 0.3) is 0 Å². The van der Waals surface area contributed by atoms with Crippen molar-refractivity contribution < 1.29 is 9.47 Å². The van der Waals surface area contributed by atoms with Crippen LogP contribution in [0.5, 0.6) is 0 Å². The molecule has 0 N–H and O–H groups in total. The quantitative estimate of drug-likeness (QED) is 0.712. The van der Waals surface area contributed by atoms with Gasteiger partial charge in [-0.2, -0.15) is 0 Å². The molecule has 2 aliphatic rings. The molecular weight excluding hydrogens is 200 g/mol. The van der Waals surface area contributed by atoms with Crippen LogP contribution in [0.4, 0.5) is 0 Å². The van der Waals surface area contributed by atoms with Crippen LogP contribution < -0.4 is 0 Å². The molecule has 1 aliphatic heterocycles. The molecule has 0 aromatic rings. The Bertz CT molecular complexity index is 199. The zero-order valence-electron chi connectivity index (χ0n) is 10.8. The molecule has 2 unspecified atom stereocenters. The highest BCUT2D eigenvalue weighted by Crippen LogP contribution is 2.38. The second kappa shape index (κ2) is 5.50. The SMILES string of the molecule is CCC(OC1CCCCC1)C1(CC)CCO1. The van der Waals surface area contributed by atoms with E-state index in [2.05, 4.69) is 13.8 Å². The molecule has 1 saturated heterocycles. The number of ether oxygens (including phenoxy) is 2. The van der Waals surface area contributed by atoms with Crippen molar-refractivity contribution in [2.75, 3.05) is 6.61 Å². The lowest BCUT2D eigenvalue weighted by atomic mass is 9.84. The molecule has 1 aliphatic carbocycles. The van der Waals surface area contributed by atoms with Gasteiger partial charge in [0, 0.05) is 6.42 Å². The zero-order valence-corrected chi connectivity index (χ0v) is 10.8. The van der Waals surface area contributed by atoms with Crippen molar-refractivity contribution in [3.05, 3.63) is 0 Å². The molecule has 94 valence electrons. The van der Waals surface area contributed by atoms with Crippen LogP contribution in [-0.2, 0) is 9.47 Å². The molecule has 16 heavy (non-hydrogen) atoms.